The first-order valence-electron chi connectivity index (χ1n) is 7.71. The molecule has 0 radical (unpaired) electrons. The number of aryl methyl sites for hydroxylation is 1. The zero-order chi connectivity index (χ0) is 17.6. The lowest BCUT2D eigenvalue weighted by atomic mass is 10.1. The molecule has 0 amide bonds. The maximum atomic E-state index is 5.38. The van der Waals surface area contributed by atoms with Gasteiger partial charge in [0.2, 0.25) is 0 Å². The molecule has 1 aromatic heterocycles. The third kappa shape index (κ3) is 4.52. The zero-order valence-corrected chi connectivity index (χ0v) is 15.6. The van der Waals surface area contributed by atoms with Gasteiger partial charge in [-0.25, -0.2) is 0 Å². The average Bonchev–Trinajstić information content (AvgIpc) is 3.17. The fraction of sp³-hybridized carbons (Fsp3) is 0.167. The fourth-order valence-electron chi connectivity index (χ4n) is 2.34. The Bertz CT molecular complexity index is 848. The first kappa shape index (κ1) is 17.3. The van der Waals surface area contributed by atoms with E-state index in [1.807, 2.05) is 42.6 Å². The topological polar surface area (TPSA) is 59.1 Å². The summed E-state index contributed by atoms with van der Waals surface area (Å²) < 4.78 is 9.10. The van der Waals surface area contributed by atoms with Crippen LogP contribution in [0.3, 0.4) is 0 Å². The summed E-state index contributed by atoms with van der Waals surface area (Å²) in [6, 6.07) is 14.0. The maximum absolute atomic E-state index is 5.38. The summed E-state index contributed by atoms with van der Waals surface area (Å²) in [5.41, 5.74) is 5.14. The number of benzene rings is 2. The predicted octanol–water partition coefficient (Wildman–Crippen LogP) is 4.01. The first-order valence-corrected chi connectivity index (χ1v) is 8.96. The lowest BCUT2D eigenvalue weighted by molar-refractivity contribution is 0.414. The van der Waals surface area contributed by atoms with Crippen LogP contribution in [0.25, 0.3) is 11.3 Å². The largest absolute Gasteiger partial charge is 0.497 e. The van der Waals surface area contributed by atoms with Crippen LogP contribution in [0.15, 0.2) is 47.8 Å². The van der Waals surface area contributed by atoms with E-state index in [2.05, 4.69) is 32.4 Å². The molecular weight excluding hydrogens is 352 g/mol. The van der Waals surface area contributed by atoms with E-state index in [1.165, 1.54) is 11.5 Å². The number of nitrogens with one attached hydrogen (secondary N) is 2. The van der Waals surface area contributed by atoms with E-state index in [0.717, 1.165) is 33.8 Å². The van der Waals surface area contributed by atoms with E-state index in [1.54, 1.807) is 7.11 Å². The van der Waals surface area contributed by atoms with Gasteiger partial charge in [0.1, 0.15) is 11.4 Å². The highest BCUT2D eigenvalue weighted by Crippen LogP contribution is 2.21. The van der Waals surface area contributed by atoms with Gasteiger partial charge in [0.25, 0.3) is 0 Å². The SMILES string of the molecule is COc1ccc(NC(=S)NCc2ccc(-c3csnn3)cc2)c(C)c1. The summed E-state index contributed by atoms with van der Waals surface area (Å²) in [5.74, 6) is 0.831. The van der Waals surface area contributed by atoms with Crippen molar-refractivity contribution in [3.8, 4) is 17.0 Å². The summed E-state index contributed by atoms with van der Waals surface area (Å²) in [6.45, 7) is 2.66. The van der Waals surface area contributed by atoms with E-state index < -0.39 is 0 Å². The van der Waals surface area contributed by atoms with Crippen molar-refractivity contribution in [2.24, 2.45) is 0 Å². The van der Waals surface area contributed by atoms with Crippen molar-refractivity contribution in [2.45, 2.75) is 13.5 Å². The molecule has 0 unspecified atom stereocenters. The molecule has 7 heteroatoms. The molecule has 0 saturated carbocycles. The molecule has 3 rings (SSSR count). The van der Waals surface area contributed by atoms with E-state index in [4.69, 9.17) is 17.0 Å². The normalized spacial score (nSPS) is 10.3. The predicted molar refractivity (Wildman–Crippen MR) is 106 cm³/mol. The number of nitrogens with zero attached hydrogens (tertiary/aromatic N) is 2. The highest BCUT2D eigenvalue weighted by Gasteiger charge is 2.04. The zero-order valence-electron chi connectivity index (χ0n) is 13.9. The third-order valence-corrected chi connectivity index (χ3v) is 4.50. The standard InChI is InChI=1S/C18H18N4OS2/c1-12-9-15(23-2)7-8-16(12)20-18(24)19-10-13-3-5-14(6-4-13)17-11-25-22-21-17/h3-9,11H,10H2,1-2H3,(H2,19,20,24). The molecule has 25 heavy (non-hydrogen) atoms. The average molecular weight is 371 g/mol. The van der Waals surface area contributed by atoms with Crippen LogP contribution in [0.5, 0.6) is 5.75 Å². The van der Waals surface area contributed by atoms with Crippen molar-refractivity contribution in [1.82, 2.24) is 14.9 Å². The van der Waals surface area contributed by atoms with Crippen LogP contribution in [0.2, 0.25) is 0 Å². The number of hydrogen-bond acceptors (Lipinski definition) is 5. The molecule has 3 aromatic rings. The van der Waals surface area contributed by atoms with Gasteiger partial charge in [-0.1, -0.05) is 28.8 Å². The molecule has 5 nitrogen and oxygen atoms in total. The van der Waals surface area contributed by atoms with E-state index in [9.17, 15) is 0 Å². The molecule has 1 heterocycles. The third-order valence-electron chi connectivity index (χ3n) is 3.74. The van der Waals surface area contributed by atoms with Gasteiger partial charge in [-0.2, -0.15) is 0 Å². The Morgan fingerprint density at radius 3 is 2.64 bits per heavy atom. The highest BCUT2D eigenvalue weighted by molar-refractivity contribution is 7.80. The first-order chi connectivity index (χ1) is 12.2. The molecule has 128 valence electrons. The van der Waals surface area contributed by atoms with E-state index in [0.29, 0.717) is 11.7 Å². The lowest BCUT2D eigenvalue weighted by Crippen LogP contribution is -2.28. The number of ether oxygens (including phenoxy) is 1. The molecule has 0 bridgehead atoms. The minimum atomic E-state index is 0.584. The Kier molecular flexibility index (Phi) is 5.57. The van der Waals surface area contributed by atoms with Gasteiger partial charge in [-0.15, -0.1) is 5.10 Å². The Balaban J connectivity index is 1.55. The van der Waals surface area contributed by atoms with Crippen molar-refractivity contribution < 1.29 is 4.74 Å². The summed E-state index contributed by atoms with van der Waals surface area (Å²) in [7, 11) is 1.66. The maximum Gasteiger partial charge on any atom is 0.171 e. The number of methoxy groups -OCH3 is 1. The molecule has 0 fully saturated rings. The lowest BCUT2D eigenvalue weighted by Gasteiger charge is -2.13. The number of anilines is 1. The van der Waals surface area contributed by atoms with Crippen LogP contribution in [0.4, 0.5) is 5.69 Å². The Hall–Kier alpha value is -2.51. The summed E-state index contributed by atoms with van der Waals surface area (Å²) >= 11 is 6.73. The van der Waals surface area contributed by atoms with Gasteiger partial charge in [0.15, 0.2) is 5.11 Å². The fourth-order valence-corrected chi connectivity index (χ4v) is 2.98. The minimum Gasteiger partial charge on any atom is -0.497 e. The molecule has 0 aliphatic heterocycles. The summed E-state index contributed by atoms with van der Waals surface area (Å²) in [4.78, 5) is 0. The summed E-state index contributed by atoms with van der Waals surface area (Å²) in [6.07, 6.45) is 0. The van der Waals surface area contributed by atoms with Crippen LogP contribution in [-0.2, 0) is 6.54 Å². The Morgan fingerprint density at radius 1 is 1.20 bits per heavy atom. The number of hydrogen-bond donors (Lipinski definition) is 2. The van der Waals surface area contributed by atoms with Gasteiger partial charge >= 0.3 is 0 Å². The van der Waals surface area contributed by atoms with Gasteiger partial charge in [0.05, 0.1) is 7.11 Å². The Labute approximate surface area is 156 Å². The van der Waals surface area contributed by atoms with Crippen molar-refractivity contribution in [3.05, 3.63) is 59.0 Å². The van der Waals surface area contributed by atoms with Gasteiger partial charge in [0, 0.05) is 23.2 Å². The number of rotatable bonds is 5. The molecule has 0 spiro atoms. The quantitative estimate of drug-likeness (QED) is 0.662. The van der Waals surface area contributed by atoms with Crippen molar-refractivity contribution in [2.75, 3.05) is 12.4 Å². The smallest absolute Gasteiger partial charge is 0.171 e. The second kappa shape index (κ2) is 8.04. The molecule has 2 aromatic carbocycles. The van der Waals surface area contributed by atoms with Crippen molar-refractivity contribution in [3.63, 3.8) is 0 Å². The van der Waals surface area contributed by atoms with Crippen LogP contribution >= 0.6 is 23.8 Å². The molecule has 0 aliphatic carbocycles. The van der Waals surface area contributed by atoms with Crippen LogP contribution in [-0.4, -0.2) is 21.8 Å². The van der Waals surface area contributed by atoms with Gasteiger partial charge < -0.3 is 15.4 Å². The second-order valence-corrected chi connectivity index (χ2v) is 6.49. The van der Waals surface area contributed by atoms with Crippen LogP contribution in [0.1, 0.15) is 11.1 Å². The van der Waals surface area contributed by atoms with Crippen LogP contribution < -0.4 is 15.4 Å². The minimum absolute atomic E-state index is 0.584. The van der Waals surface area contributed by atoms with E-state index in [-0.39, 0.29) is 0 Å². The second-order valence-electron chi connectivity index (χ2n) is 5.48. The van der Waals surface area contributed by atoms with Gasteiger partial charge in [-0.05, 0) is 60.0 Å². The van der Waals surface area contributed by atoms with Crippen molar-refractivity contribution in [1.29, 1.82) is 0 Å². The Morgan fingerprint density at radius 2 is 2.00 bits per heavy atom. The molecule has 2 N–H and O–H groups in total. The molecule has 0 aliphatic rings. The molecule has 0 saturated heterocycles. The van der Waals surface area contributed by atoms with E-state index >= 15 is 0 Å². The van der Waals surface area contributed by atoms with Crippen molar-refractivity contribution >= 4 is 34.6 Å². The molecule has 0 atom stereocenters. The van der Waals surface area contributed by atoms with Crippen LogP contribution in [0, 0.1) is 6.92 Å². The summed E-state index contributed by atoms with van der Waals surface area (Å²) in [5, 5.41) is 13.0. The van der Waals surface area contributed by atoms with Gasteiger partial charge in [-0.3, -0.25) is 0 Å². The number of thiocarbonyl (C=S) groups is 1. The highest BCUT2D eigenvalue weighted by atomic mass is 32.1. The molecular formula is C18H18N4OS2. The number of aromatic nitrogens is 2. The monoisotopic (exact) mass is 370 g/mol.